The quantitative estimate of drug-likeness (QED) is 0.595. The van der Waals surface area contributed by atoms with Gasteiger partial charge in [-0.15, -0.1) is 0 Å². The van der Waals surface area contributed by atoms with Crippen molar-refractivity contribution >= 4 is 40.5 Å². The van der Waals surface area contributed by atoms with E-state index in [9.17, 15) is 4.79 Å². The van der Waals surface area contributed by atoms with E-state index in [0.717, 1.165) is 22.5 Å². The lowest BCUT2D eigenvalue weighted by Gasteiger charge is -2.28. The minimum atomic E-state index is -0.339. The van der Waals surface area contributed by atoms with Crippen molar-refractivity contribution < 1.29 is 4.79 Å². The van der Waals surface area contributed by atoms with Crippen molar-refractivity contribution in [2.75, 3.05) is 10.2 Å². The van der Waals surface area contributed by atoms with Crippen LogP contribution < -0.4 is 10.2 Å². The first kappa shape index (κ1) is 17.0. The van der Waals surface area contributed by atoms with Crippen LogP contribution in [0.25, 0.3) is 0 Å². The fraction of sp³-hybridized carbons (Fsp3) is 0.0952. The third-order valence-electron chi connectivity index (χ3n) is 4.50. The van der Waals surface area contributed by atoms with Gasteiger partial charge in [-0.1, -0.05) is 59.6 Å². The number of hydrogen-bond acceptors (Lipinski definition) is 2. The molecule has 0 bridgehead atoms. The van der Waals surface area contributed by atoms with Crippen LogP contribution in [0.5, 0.6) is 0 Å². The number of para-hydroxylation sites is 1. The minimum Gasteiger partial charge on any atom is -0.361 e. The van der Waals surface area contributed by atoms with Crippen LogP contribution in [0.1, 0.15) is 27.7 Å². The monoisotopic (exact) mass is 382 g/mol. The number of aryl methyl sites for hydroxylation is 1. The Hall–Kier alpha value is -2.49. The van der Waals surface area contributed by atoms with Gasteiger partial charge < -0.3 is 5.32 Å². The minimum absolute atomic E-state index is 0.0273. The number of carbonyl (C=O) groups is 1. The van der Waals surface area contributed by atoms with Crippen molar-refractivity contribution in [3.63, 3.8) is 0 Å². The lowest BCUT2D eigenvalue weighted by atomic mass is 10.1. The largest absolute Gasteiger partial charge is 0.361 e. The van der Waals surface area contributed by atoms with Gasteiger partial charge in [-0.25, -0.2) is 0 Å². The van der Waals surface area contributed by atoms with Gasteiger partial charge in [0.25, 0.3) is 5.91 Å². The smallest absolute Gasteiger partial charge is 0.260 e. The first-order chi connectivity index (χ1) is 12.5. The molecule has 3 nitrogen and oxygen atoms in total. The van der Waals surface area contributed by atoms with E-state index in [1.165, 1.54) is 0 Å². The highest BCUT2D eigenvalue weighted by atomic mass is 35.5. The van der Waals surface area contributed by atoms with Crippen LogP contribution in [0.2, 0.25) is 10.0 Å². The number of rotatable bonds is 3. The highest BCUT2D eigenvalue weighted by molar-refractivity contribution is 6.35. The number of carbonyl (C=O) groups excluding carboxylic acids is 1. The van der Waals surface area contributed by atoms with Crippen molar-refractivity contribution in [1.29, 1.82) is 0 Å². The van der Waals surface area contributed by atoms with Gasteiger partial charge in [-0.3, -0.25) is 9.69 Å². The lowest BCUT2D eigenvalue weighted by molar-refractivity contribution is 0.0993. The number of fused-ring (bicyclic) bond motifs is 1. The zero-order chi connectivity index (χ0) is 18.3. The van der Waals surface area contributed by atoms with Gasteiger partial charge in [0.05, 0.1) is 0 Å². The predicted molar refractivity (Wildman–Crippen MR) is 107 cm³/mol. The summed E-state index contributed by atoms with van der Waals surface area (Å²) in [5, 5.41) is 4.50. The van der Waals surface area contributed by atoms with Gasteiger partial charge >= 0.3 is 0 Å². The Balaban J connectivity index is 1.82. The van der Waals surface area contributed by atoms with Crippen molar-refractivity contribution in [2.24, 2.45) is 0 Å². The Bertz CT molecular complexity index is 983. The Morgan fingerprint density at radius 2 is 1.58 bits per heavy atom. The molecule has 0 fully saturated rings. The summed E-state index contributed by atoms with van der Waals surface area (Å²) < 4.78 is 0. The van der Waals surface area contributed by atoms with E-state index in [-0.39, 0.29) is 12.1 Å². The molecule has 3 aromatic rings. The van der Waals surface area contributed by atoms with E-state index < -0.39 is 0 Å². The molecule has 0 radical (unpaired) electrons. The molecule has 1 atom stereocenters. The average molecular weight is 383 g/mol. The van der Waals surface area contributed by atoms with E-state index in [0.29, 0.717) is 15.6 Å². The Kier molecular flexibility index (Phi) is 4.35. The van der Waals surface area contributed by atoms with Gasteiger partial charge in [0.1, 0.15) is 6.17 Å². The Morgan fingerprint density at radius 3 is 2.31 bits per heavy atom. The summed E-state index contributed by atoms with van der Waals surface area (Å²) in [6, 6.07) is 20.8. The SMILES string of the molecule is Cc1ccccc1N1C(=O)c2ccccc2[C@@H]1Nc1cc(Cl)cc(Cl)c1. The molecule has 1 N–H and O–H groups in total. The molecule has 1 aliphatic heterocycles. The van der Waals surface area contributed by atoms with Gasteiger partial charge in [-0.2, -0.15) is 0 Å². The molecule has 0 unspecified atom stereocenters. The number of benzene rings is 3. The highest BCUT2D eigenvalue weighted by Crippen LogP contribution is 2.39. The number of hydrogen-bond donors (Lipinski definition) is 1. The molecule has 5 heteroatoms. The number of anilines is 2. The molecule has 1 aliphatic rings. The summed E-state index contributed by atoms with van der Waals surface area (Å²) >= 11 is 12.3. The number of nitrogens with zero attached hydrogens (tertiary/aromatic N) is 1. The second kappa shape index (κ2) is 6.67. The fourth-order valence-electron chi connectivity index (χ4n) is 3.34. The van der Waals surface area contributed by atoms with Crippen molar-refractivity contribution in [3.05, 3.63) is 93.5 Å². The molecule has 26 heavy (non-hydrogen) atoms. The van der Waals surface area contributed by atoms with Gasteiger partial charge in [0, 0.05) is 32.5 Å². The van der Waals surface area contributed by atoms with Crippen molar-refractivity contribution in [1.82, 2.24) is 0 Å². The number of nitrogens with one attached hydrogen (secondary N) is 1. The molecule has 3 aromatic carbocycles. The van der Waals surface area contributed by atoms with Gasteiger partial charge in [-0.05, 0) is 42.8 Å². The van der Waals surface area contributed by atoms with Gasteiger partial charge in [0.2, 0.25) is 0 Å². The number of amides is 1. The molecule has 1 heterocycles. The fourth-order valence-corrected chi connectivity index (χ4v) is 3.86. The Morgan fingerprint density at radius 1 is 0.923 bits per heavy atom. The molecule has 0 saturated heterocycles. The third-order valence-corrected chi connectivity index (χ3v) is 4.94. The van der Waals surface area contributed by atoms with Crippen molar-refractivity contribution in [3.8, 4) is 0 Å². The summed E-state index contributed by atoms with van der Waals surface area (Å²) in [5.74, 6) is -0.0273. The molecule has 4 rings (SSSR count). The zero-order valence-corrected chi connectivity index (χ0v) is 15.6. The maximum Gasteiger partial charge on any atom is 0.260 e. The normalized spacial score (nSPS) is 15.9. The van der Waals surface area contributed by atoms with Crippen LogP contribution in [0.3, 0.4) is 0 Å². The van der Waals surface area contributed by atoms with Crippen LogP contribution in [0.4, 0.5) is 11.4 Å². The molecule has 0 aliphatic carbocycles. The predicted octanol–water partition coefficient (Wildman–Crippen LogP) is 6.07. The maximum atomic E-state index is 13.1. The summed E-state index contributed by atoms with van der Waals surface area (Å²) in [5.41, 5.74) is 4.29. The van der Waals surface area contributed by atoms with E-state index in [1.54, 1.807) is 23.1 Å². The third kappa shape index (κ3) is 2.94. The molecular weight excluding hydrogens is 367 g/mol. The van der Waals surface area contributed by atoms with Crippen LogP contribution >= 0.6 is 23.2 Å². The molecule has 1 amide bonds. The standard InChI is InChI=1S/C21H16Cl2N2O/c1-13-6-2-5-9-19(13)25-20(17-7-3-4-8-18(17)21(25)26)24-16-11-14(22)10-15(23)12-16/h2-12,20,24H,1H3/t20-/m1/s1. The van der Waals surface area contributed by atoms with E-state index >= 15 is 0 Å². The van der Waals surface area contributed by atoms with Crippen LogP contribution in [0, 0.1) is 6.92 Å². The van der Waals surface area contributed by atoms with Crippen LogP contribution in [-0.2, 0) is 0 Å². The zero-order valence-electron chi connectivity index (χ0n) is 14.0. The first-order valence-corrected chi connectivity index (χ1v) is 9.01. The van der Waals surface area contributed by atoms with Crippen LogP contribution in [0.15, 0.2) is 66.7 Å². The topological polar surface area (TPSA) is 32.3 Å². The summed E-state index contributed by atoms with van der Waals surface area (Å²) in [4.78, 5) is 14.9. The second-order valence-corrected chi connectivity index (χ2v) is 7.13. The number of halogens is 2. The molecule has 0 saturated carbocycles. The Labute approximate surface area is 162 Å². The summed E-state index contributed by atoms with van der Waals surface area (Å²) in [7, 11) is 0. The lowest BCUT2D eigenvalue weighted by Crippen LogP contribution is -2.32. The maximum absolute atomic E-state index is 13.1. The highest BCUT2D eigenvalue weighted by Gasteiger charge is 2.38. The molecular formula is C21H16Cl2N2O. The van der Waals surface area contributed by atoms with E-state index in [2.05, 4.69) is 5.32 Å². The summed E-state index contributed by atoms with van der Waals surface area (Å²) in [6.45, 7) is 2.00. The second-order valence-electron chi connectivity index (χ2n) is 6.25. The van der Waals surface area contributed by atoms with Crippen LogP contribution in [-0.4, -0.2) is 5.91 Å². The van der Waals surface area contributed by atoms with Gasteiger partial charge in [0.15, 0.2) is 0 Å². The van der Waals surface area contributed by atoms with Crippen molar-refractivity contribution in [2.45, 2.75) is 13.1 Å². The first-order valence-electron chi connectivity index (χ1n) is 8.25. The summed E-state index contributed by atoms with van der Waals surface area (Å²) in [6.07, 6.45) is -0.339. The van der Waals surface area contributed by atoms with E-state index in [1.807, 2.05) is 55.5 Å². The molecule has 0 aromatic heterocycles. The molecule has 130 valence electrons. The van der Waals surface area contributed by atoms with E-state index in [4.69, 9.17) is 23.2 Å². The molecule has 0 spiro atoms. The average Bonchev–Trinajstić information content (AvgIpc) is 2.87.